The third-order valence-corrected chi connectivity index (χ3v) is 6.68. The Morgan fingerprint density at radius 2 is 2.00 bits per heavy atom. The number of hydrogen-bond donors (Lipinski definition) is 0. The Morgan fingerprint density at radius 1 is 1.33 bits per heavy atom. The van der Waals surface area contributed by atoms with Crippen LogP contribution in [0.1, 0.15) is 66.7 Å². The molecule has 2 fully saturated rings. The lowest BCUT2D eigenvalue weighted by molar-refractivity contribution is 0.176. The normalized spacial score (nSPS) is 38.3. The lowest BCUT2D eigenvalue weighted by Gasteiger charge is -2.37. The van der Waals surface area contributed by atoms with Crippen molar-refractivity contribution in [1.29, 1.82) is 0 Å². The summed E-state index contributed by atoms with van der Waals surface area (Å²) in [5.41, 5.74) is 0. The van der Waals surface area contributed by atoms with Gasteiger partial charge >= 0.3 is 0 Å². The molecule has 1 aliphatic carbocycles. The van der Waals surface area contributed by atoms with Gasteiger partial charge in [-0.2, -0.15) is 0 Å². The molecule has 2 radical (unpaired) electrons. The maximum atomic E-state index is 12.3. The van der Waals surface area contributed by atoms with E-state index < -0.39 is 0 Å². The van der Waals surface area contributed by atoms with Crippen molar-refractivity contribution in [3.05, 3.63) is 0 Å². The molecular formula is C17H30BNOS. The van der Waals surface area contributed by atoms with Gasteiger partial charge in [0.15, 0.2) is 0 Å². The first-order chi connectivity index (χ1) is 9.74. The zero-order valence-corrected chi connectivity index (χ0v) is 15.1. The summed E-state index contributed by atoms with van der Waals surface area (Å²) in [6.07, 6.45) is 5.54. The fraction of sp³-hybridized carbons (Fsp3) is 0.941. The summed E-state index contributed by atoms with van der Waals surface area (Å²) < 4.78 is 0. The molecule has 0 spiro atoms. The molecule has 4 atom stereocenters. The minimum Gasteiger partial charge on any atom is -0.327 e. The fourth-order valence-electron chi connectivity index (χ4n) is 4.10. The number of carbonyl (C=O) groups is 1. The fourth-order valence-corrected chi connectivity index (χ4v) is 5.68. The summed E-state index contributed by atoms with van der Waals surface area (Å²) in [7, 11) is 6.72. The van der Waals surface area contributed by atoms with Crippen LogP contribution in [0.5, 0.6) is 0 Å². The van der Waals surface area contributed by atoms with Crippen LogP contribution >= 0.6 is 11.8 Å². The van der Waals surface area contributed by atoms with Gasteiger partial charge in [0.05, 0.1) is 7.85 Å². The molecule has 0 N–H and O–H groups in total. The number of carbonyl (C=O) groups excluding carboxylic acids is 1. The van der Waals surface area contributed by atoms with Gasteiger partial charge in [0.2, 0.25) is 0 Å². The number of thioether (sulfide) groups is 1. The van der Waals surface area contributed by atoms with Crippen LogP contribution < -0.4 is 0 Å². The summed E-state index contributed by atoms with van der Waals surface area (Å²) in [4.78, 5) is 14.4. The van der Waals surface area contributed by atoms with Crippen LogP contribution in [-0.4, -0.2) is 35.3 Å². The Balaban J connectivity index is 2.17. The first-order valence-electron chi connectivity index (χ1n) is 8.52. The average Bonchev–Trinajstić information content (AvgIpc) is 2.66. The molecule has 1 aliphatic heterocycles. The Kier molecular flexibility index (Phi) is 5.38. The highest BCUT2D eigenvalue weighted by Gasteiger charge is 2.43. The molecular weight excluding hydrogens is 277 g/mol. The number of fused-ring (bicyclic) bond motifs is 1. The molecule has 0 aromatic heterocycles. The summed E-state index contributed by atoms with van der Waals surface area (Å²) >= 11 is 1.58. The Hall–Kier alpha value is -0.115. The maximum Gasteiger partial charge on any atom is 0.282 e. The average molecular weight is 307 g/mol. The second kappa shape index (κ2) is 6.56. The Labute approximate surface area is 136 Å². The highest BCUT2D eigenvalue weighted by molar-refractivity contribution is 8.14. The SMILES string of the molecule is [B]C1(C(C)C)CCCC2C(CC(C)C1)SC(=O)N2C(C)C. The smallest absolute Gasteiger partial charge is 0.282 e. The molecule has 2 aliphatic rings. The Bertz CT molecular complexity index is 387. The van der Waals surface area contributed by atoms with Crippen molar-refractivity contribution in [2.45, 2.75) is 89.4 Å². The zero-order chi connectivity index (χ0) is 15.8. The standard InChI is InChI=1S/C17H30BNOS/c1-11(2)17(18)8-6-7-14-15(9-13(5)10-17)21-16(20)19(14)12(3)4/h11-15H,6-10H2,1-5H3. The van der Waals surface area contributed by atoms with Gasteiger partial charge in [-0.3, -0.25) is 4.79 Å². The Morgan fingerprint density at radius 3 is 2.57 bits per heavy atom. The molecule has 4 heteroatoms. The van der Waals surface area contributed by atoms with Crippen LogP contribution in [-0.2, 0) is 0 Å². The van der Waals surface area contributed by atoms with Gasteiger partial charge in [-0.1, -0.05) is 57.1 Å². The largest absolute Gasteiger partial charge is 0.327 e. The lowest BCUT2D eigenvalue weighted by atomic mass is 9.55. The minimum atomic E-state index is -0.0324. The molecule has 0 bridgehead atoms. The molecule has 21 heavy (non-hydrogen) atoms. The van der Waals surface area contributed by atoms with Crippen LogP contribution in [0.25, 0.3) is 0 Å². The maximum absolute atomic E-state index is 12.3. The van der Waals surface area contributed by atoms with Crippen molar-refractivity contribution in [2.24, 2.45) is 11.8 Å². The predicted molar refractivity (Wildman–Crippen MR) is 93.1 cm³/mol. The molecule has 1 saturated heterocycles. The number of nitrogens with zero attached hydrogens (tertiary/aromatic N) is 1. The van der Waals surface area contributed by atoms with Gasteiger partial charge in [-0.25, -0.2) is 0 Å². The van der Waals surface area contributed by atoms with Gasteiger partial charge in [0.25, 0.3) is 5.24 Å². The molecule has 1 amide bonds. The van der Waals surface area contributed by atoms with E-state index in [1.165, 1.54) is 0 Å². The summed E-state index contributed by atoms with van der Waals surface area (Å²) in [5, 5.41) is 0.718. The number of hydrogen-bond acceptors (Lipinski definition) is 2. The van der Waals surface area contributed by atoms with E-state index in [1.807, 2.05) is 0 Å². The van der Waals surface area contributed by atoms with Gasteiger partial charge < -0.3 is 4.90 Å². The first kappa shape index (κ1) is 17.2. The van der Waals surface area contributed by atoms with E-state index in [4.69, 9.17) is 7.85 Å². The van der Waals surface area contributed by atoms with Crippen LogP contribution in [0.3, 0.4) is 0 Å². The van der Waals surface area contributed by atoms with E-state index in [0.717, 1.165) is 32.1 Å². The van der Waals surface area contributed by atoms with Gasteiger partial charge in [0, 0.05) is 17.3 Å². The predicted octanol–water partition coefficient (Wildman–Crippen LogP) is 4.88. The number of amides is 1. The van der Waals surface area contributed by atoms with Crippen LogP contribution in [0.15, 0.2) is 0 Å². The van der Waals surface area contributed by atoms with Crippen molar-refractivity contribution < 1.29 is 4.79 Å². The zero-order valence-electron chi connectivity index (χ0n) is 14.3. The quantitative estimate of drug-likeness (QED) is 0.677. The molecule has 0 aromatic carbocycles. The molecule has 2 rings (SSSR count). The minimum absolute atomic E-state index is 0.0324. The van der Waals surface area contributed by atoms with Crippen molar-refractivity contribution in [3.8, 4) is 0 Å². The van der Waals surface area contributed by atoms with E-state index in [9.17, 15) is 4.79 Å². The monoisotopic (exact) mass is 307 g/mol. The first-order valence-corrected chi connectivity index (χ1v) is 9.40. The van der Waals surface area contributed by atoms with Crippen LogP contribution in [0, 0.1) is 11.8 Å². The van der Waals surface area contributed by atoms with E-state index in [2.05, 4.69) is 39.5 Å². The lowest BCUT2D eigenvalue weighted by Crippen LogP contribution is -2.41. The molecule has 0 aromatic rings. The molecule has 1 heterocycles. The summed E-state index contributed by atoms with van der Waals surface area (Å²) in [6, 6.07) is 0.725. The van der Waals surface area contributed by atoms with E-state index in [0.29, 0.717) is 29.2 Å². The third kappa shape index (κ3) is 3.63. The van der Waals surface area contributed by atoms with Crippen molar-refractivity contribution >= 4 is 24.8 Å². The summed E-state index contributed by atoms with van der Waals surface area (Å²) in [5.74, 6) is 1.11. The second-order valence-corrected chi connectivity index (χ2v) is 9.01. The van der Waals surface area contributed by atoms with Crippen molar-refractivity contribution in [3.63, 3.8) is 0 Å². The topological polar surface area (TPSA) is 20.3 Å². The van der Waals surface area contributed by atoms with Crippen LogP contribution in [0.4, 0.5) is 4.79 Å². The van der Waals surface area contributed by atoms with E-state index in [1.54, 1.807) is 11.8 Å². The van der Waals surface area contributed by atoms with Gasteiger partial charge in [-0.05, 0) is 38.5 Å². The van der Waals surface area contributed by atoms with Gasteiger partial charge in [0.1, 0.15) is 0 Å². The number of rotatable bonds is 2. The highest BCUT2D eigenvalue weighted by Crippen LogP contribution is 2.48. The summed E-state index contributed by atoms with van der Waals surface area (Å²) in [6.45, 7) is 11.1. The molecule has 4 unspecified atom stereocenters. The van der Waals surface area contributed by atoms with Crippen LogP contribution in [0.2, 0.25) is 5.31 Å². The molecule has 2 nitrogen and oxygen atoms in total. The molecule has 1 saturated carbocycles. The highest BCUT2D eigenvalue weighted by atomic mass is 32.2. The van der Waals surface area contributed by atoms with E-state index in [-0.39, 0.29) is 10.6 Å². The third-order valence-electron chi connectivity index (χ3n) is 5.46. The second-order valence-electron chi connectivity index (χ2n) is 7.82. The van der Waals surface area contributed by atoms with Crippen molar-refractivity contribution in [2.75, 3.05) is 0 Å². The van der Waals surface area contributed by atoms with E-state index >= 15 is 0 Å². The molecule has 118 valence electrons. The van der Waals surface area contributed by atoms with Crippen molar-refractivity contribution in [1.82, 2.24) is 4.90 Å². The van der Waals surface area contributed by atoms with Gasteiger partial charge in [-0.15, -0.1) is 0 Å².